The molecule has 0 atom stereocenters. The molecule has 6 rings (SSSR count). The second-order valence-electron chi connectivity index (χ2n) is 9.24. The van der Waals surface area contributed by atoms with E-state index in [9.17, 15) is 0 Å². The van der Waals surface area contributed by atoms with Crippen LogP contribution in [0.3, 0.4) is 0 Å². The maximum atomic E-state index is 5.36. The van der Waals surface area contributed by atoms with Crippen LogP contribution in [0.5, 0.6) is 0 Å². The molecular formula is C34H26N2. The van der Waals surface area contributed by atoms with Crippen molar-refractivity contribution in [2.24, 2.45) is 0 Å². The minimum Gasteiger partial charge on any atom is -0.243 e. The molecule has 0 spiro atoms. The maximum absolute atomic E-state index is 5.36. The van der Waals surface area contributed by atoms with Crippen molar-refractivity contribution >= 4 is 11.0 Å². The zero-order valence-electron chi connectivity index (χ0n) is 20.4. The van der Waals surface area contributed by atoms with E-state index < -0.39 is 0 Å². The molecule has 0 aliphatic heterocycles. The summed E-state index contributed by atoms with van der Waals surface area (Å²) in [6.45, 7) is 4.23. The van der Waals surface area contributed by atoms with Crippen LogP contribution in [0.15, 0.2) is 121 Å². The van der Waals surface area contributed by atoms with E-state index >= 15 is 0 Å². The molecule has 0 fully saturated rings. The fourth-order valence-electron chi connectivity index (χ4n) is 4.66. The molecule has 0 N–H and O–H groups in total. The van der Waals surface area contributed by atoms with Gasteiger partial charge in [-0.1, -0.05) is 132 Å². The first-order chi connectivity index (χ1) is 17.7. The summed E-state index contributed by atoms with van der Waals surface area (Å²) in [5.74, 6) is 0. The fourth-order valence-corrected chi connectivity index (χ4v) is 4.66. The standard InChI is InChI=1S/C34H26N2/c1-23-13-17-25(18-14-23)29-21-22-30(26-19-15-24(2)16-20-26)34-33(29)35-31(27-9-5-3-6-10-27)32(36-34)28-11-7-4-8-12-28/h3-22H,1-2H3. The van der Waals surface area contributed by atoms with Gasteiger partial charge in [0.1, 0.15) is 0 Å². The van der Waals surface area contributed by atoms with E-state index in [0.29, 0.717) is 0 Å². The number of aromatic nitrogens is 2. The van der Waals surface area contributed by atoms with Crippen molar-refractivity contribution in [2.75, 3.05) is 0 Å². The second-order valence-corrected chi connectivity index (χ2v) is 9.24. The first-order valence-electron chi connectivity index (χ1n) is 12.3. The van der Waals surface area contributed by atoms with Gasteiger partial charge in [-0.2, -0.15) is 0 Å². The van der Waals surface area contributed by atoms with Crippen molar-refractivity contribution in [1.82, 2.24) is 9.97 Å². The van der Waals surface area contributed by atoms with Crippen LogP contribution in [-0.2, 0) is 0 Å². The van der Waals surface area contributed by atoms with Gasteiger partial charge in [-0.25, -0.2) is 9.97 Å². The number of aryl methyl sites for hydroxylation is 2. The number of hydrogen-bond donors (Lipinski definition) is 0. The van der Waals surface area contributed by atoms with Gasteiger partial charge in [0.2, 0.25) is 0 Å². The minimum absolute atomic E-state index is 0.892. The van der Waals surface area contributed by atoms with E-state index in [2.05, 4.69) is 123 Å². The maximum Gasteiger partial charge on any atom is 0.0979 e. The van der Waals surface area contributed by atoms with E-state index in [0.717, 1.165) is 55.8 Å². The van der Waals surface area contributed by atoms with Crippen molar-refractivity contribution in [2.45, 2.75) is 13.8 Å². The number of rotatable bonds is 4. The lowest BCUT2D eigenvalue weighted by Gasteiger charge is -2.16. The molecule has 0 saturated carbocycles. The smallest absolute Gasteiger partial charge is 0.0979 e. The normalized spacial score (nSPS) is 11.1. The van der Waals surface area contributed by atoms with Crippen molar-refractivity contribution < 1.29 is 0 Å². The Morgan fingerprint density at radius 3 is 1.08 bits per heavy atom. The molecule has 0 aliphatic rings. The molecule has 2 heteroatoms. The molecule has 36 heavy (non-hydrogen) atoms. The predicted molar refractivity (Wildman–Crippen MR) is 151 cm³/mol. The molecule has 6 aromatic rings. The molecule has 0 saturated heterocycles. The highest BCUT2D eigenvalue weighted by Gasteiger charge is 2.18. The summed E-state index contributed by atoms with van der Waals surface area (Å²) in [6.07, 6.45) is 0. The van der Waals surface area contributed by atoms with E-state index in [1.54, 1.807) is 0 Å². The summed E-state index contributed by atoms with van der Waals surface area (Å²) in [5.41, 5.74) is 12.7. The van der Waals surface area contributed by atoms with Crippen LogP contribution in [0.25, 0.3) is 55.8 Å². The summed E-state index contributed by atoms with van der Waals surface area (Å²) in [5, 5.41) is 0. The summed E-state index contributed by atoms with van der Waals surface area (Å²) < 4.78 is 0. The third-order valence-electron chi connectivity index (χ3n) is 6.64. The lowest BCUT2D eigenvalue weighted by atomic mass is 9.95. The molecule has 0 radical (unpaired) electrons. The Morgan fingerprint density at radius 2 is 0.722 bits per heavy atom. The predicted octanol–water partition coefficient (Wildman–Crippen LogP) is 8.91. The molecular weight excluding hydrogens is 436 g/mol. The quantitative estimate of drug-likeness (QED) is 0.261. The zero-order chi connectivity index (χ0) is 24.5. The number of nitrogens with zero attached hydrogens (tertiary/aromatic N) is 2. The Morgan fingerprint density at radius 1 is 0.361 bits per heavy atom. The van der Waals surface area contributed by atoms with Gasteiger partial charge < -0.3 is 0 Å². The first kappa shape index (κ1) is 21.9. The third-order valence-corrected chi connectivity index (χ3v) is 6.64. The van der Waals surface area contributed by atoms with E-state index in [4.69, 9.17) is 9.97 Å². The van der Waals surface area contributed by atoms with Gasteiger partial charge in [-0.3, -0.25) is 0 Å². The number of fused-ring (bicyclic) bond motifs is 1. The molecule has 172 valence electrons. The van der Waals surface area contributed by atoms with Crippen LogP contribution in [0, 0.1) is 13.8 Å². The average Bonchev–Trinajstić information content (AvgIpc) is 2.94. The van der Waals surface area contributed by atoms with Crippen LogP contribution in [0.1, 0.15) is 11.1 Å². The van der Waals surface area contributed by atoms with E-state index in [1.165, 1.54) is 11.1 Å². The van der Waals surface area contributed by atoms with Gasteiger partial charge in [0.25, 0.3) is 0 Å². The Hall–Kier alpha value is -4.56. The Kier molecular flexibility index (Phi) is 5.63. The van der Waals surface area contributed by atoms with Crippen molar-refractivity contribution in [1.29, 1.82) is 0 Å². The van der Waals surface area contributed by atoms with Crippen LogP contribution < -0.4 is 0 Å². The van der Waals surface area contributed by atoms with E-state index in [1.807, 2.05) is 12.1 Å². The van der Waals surface area contributed by atoms with Gasteiger partial charge in [0.15, 0.2) is 0 Å². The molecule has 0 amide bonds. The average molecular weight is 463 g/mol. The molecule has 0 aliphatic carbocycles. The molecule has 1 aromatic heterocycles. The van der Waals surface area contributed by atoms with Gasteiger partial charge >= 0.3 is 0 Å². The highest BCUT2D eigenvalue weighted by atomic mass is 14.8. The number of hydrogen-bond acceptors (Lipinski definition) is 2. The van der Waals surface area contributed by atoms with Crippen molar-refractivity contribution in [3.63, 3.8) is 0 Å². The second kappa shape index (κ2) is 9.24. The lowest BCUT2D eigenvalue weighted by Crippen LogP contribution is -1.99. The van der Waals surface area contributed by atoms with Crippen molar-refractivity contribution in [3.05, 3.63) is 132 Å². The van der Waals surface area contributed by atoms with Gasteiger partial charge in [0, 0.05) is 22.3 Å². The molecule has 5 aromatic carbocycles. The van der Waals surface area contributed by atoms with Crippen LogP contribution in [0.2, 0.25) is 0 Å². The summed E-state index contributed by atoms with van der Waals surface area (Å²) in [6, 6.07) is 42.4. The summed E-state index contributed by atoms with van der Waals surface area (Å²) >= 11 is 0. The van der Waals surface area contributed by atoms with Crippen molar-refractivity contribution in [3.8, 4) is 44.8 Å². The fraction of sp³-hybridized carbons (Fsp3) is 0.0588. The van der Waals surface area contributed by atoms with Gasteiger partial charge in [-0.05, 0) is 25.0 Å². The monoisotopic (exact) mass is 462 g/mol. The molecule has 1 heterocycles. The molecule has 0 unspecified atom stereocenters. The molecule has 2 nitrogen and oxygen atoms in total. The highest BCUT2D eigenvalue weighted by Crippen LogP contribution is 2.38. The molecule has 0 bridgehead atoms. The summed E-state index contributed by atoms with van der Waals surface area (Å²) in [4.78, 5) is 10.7. The van der Waals surface area contributed by atoms with Crippen LogP contribution >= 0.6 is 0 Å². The Bertz CT molecular complexity index is 1520. The van der Waals surface area contributed by atoms with E-state index in [-0.39, 0.29) is 0 Å². The lowest BCUT2D eigenvalue weighted by molar-refractivity contribution is 1.29. The summed E-state index contributed by atoms with van der Waals surface area (Å²) in [7, 11) is 0. The van der Waals surface area contributed by atoms with Gasteiger partial charge in [0.05, 0.1) is 22.4 Å². The SMILES string of the molecule is Cc1ccc(-c2ccc(-c3ccc(C)cc3)c3nc(-c4ccccc4)c(-c4ccccc4)nc23)cc1. The minimum atomic E-state index is 0.892. The van der Waals surface area contributed by atoms with Crippen LogP contribution in [0.4, 0.5) is 0 Å². The number of benzene rings is 5. The largest absolute Gasteiger partial charge is 0.243 e. The zero-order valence-corrected chi connectivity index (χ0v) is 20.4. The first-order valence-corrected chi connectivity index (χ1v) is 12.3. The Labute approximate surface area is 212 Å². The topological polar surface area (TPSA) is 25.8 Å². The highest BCUT2D eigenvalue weighted by molar-refractivity contribution is 6.02. The Balaban J connectivity index is 1.72. The van der Waals surface area contributed by atoms with Crippen LogP contribution in [-0.4, -0.2) is 9.97 Å². The third kappa shape index (κ3) is 4.08. The van der Waals surface area contributed by atoms with Gasteiger partial charge in [-0.15, -0.1) is 0 Å².